The lowest BCUT2D eigenvalue weighted by molar-refractivity contribution is 0.0730. The van der Waals surface area contributed by atoms with Gasteiger partial charge in [0.2, 0.25) is 10.0 Å². The lowest BCUT2D eigenvalue weighted by Crippen LogP contribution is -2.40. The molecule has 2 aliphatic rings. The van der Waals surface area contributed by atoms with Crippen molar-refractivity contribution in [3.63, 3.8) is 0 Å². The van der Waals surface area contributed by atoms with Crippen LogP contribution in [0.4, 0.5) is 11.4 Å². The van der Waals surface area contributed by atoms with E-state index in [4.69, 9.17) is 4.74 Å². The molecule has 0 aliphatic carbocycles. The van der Waals surface area contributed by atoms with Gasteiger partial charge in [0.1, 0.15) is 0 Å². The molecule has 0 spiro atoms. The molecule has 4 heterocycles. The van der Waals surface area contributed by atoms with Crippen LogP contribution in [0.2, 0.25) is 0 Å². The van der Waals surface area contributed by atoms with E-state index >= 15 is 0 Å². The van der Waals surface area contributed by atoms with Gasteiger partial charge in [-0.2, -0.15) is 9.40 Å². The molecule has 35 heavy (non-hydrogen) atoms. The molecule has 10 nitrogen and oxygen atoms in total. The van der Waals surface area contributed by atoms with Crippen LogP contribution in [-0.2, 0) is 14.8 Å². The van der Waals surface area contributed by atoms with Crippen LogP contribution in [0.5, 0.6) is 0 Å². The van der Waals surface area contributed by atoms with Crippen molar-refractivity contribution >= 4 is 38.3 Å². The Kier molecular flexibility index (Phi) is 6.47. The number of anilines is 2. The fourth-order valence-electron chi connectivity index (χ4n) is 4.61. The molecule has 2 aliphatic heterocycles. The molecule has 11 heteroatoms. The molecule has 2 saturated heterocycles. The van der Waals surface area contributed by atoms with Gasteiger partial charge in [-0.05, 0) is 51.0 Å². The fraction of sp³-hybridized carbons (Fsp3) is 0.458. The lowest BCUT2D eigenvalue weighted by Gasteiger charge is -2.27. The zero-order chi connectivity index (χ0) is 24.6. The minimum atomic E-state index is -3.73. The van der Waals surface area contributed by atoms with Crippen molar-refractivity contribution in [1.29, 1.82) is 0 Å². The number of fused-ring (bicyclic) bond motifs is 1. The highest BCUT2D eigenvalue weighted by molar-refractivity contribution is 7.89. The number of aromatic nitrogens is 3. The number of pyridine rings is 1. The maximum Gasteiger partial charge on any atom is 0.257 e. The summed E-state index contributed by atoms with van der Waals surface area (Å²) in [6.45, 7) is 7.04. The number of morpholine rings is 1. The Hall–Kier alpha value is -3.02. The summed E-state index contributed by atoms with van der Waals surface area (Å²) in [5.74, 6) is -0.372. The molecule has 0 bridgehead atoms. The number of hydrogen-bond acceptors (Lipinski definition) is 7. The van der Waals surface area contributed by atoms with E-state index in [1.165, 1.54) is 10.4 Å². The minimum absolute atomic E-state index is 0.110. The van der Waals surface area contributed by atoms with Crippen LogP contribution in [0.1, 0.15) is 43.1 Å². The van der Waals surface area contributed by atoms with E-state index in [-0.39, 0.29) is 16.8 Å². The molecule has 1 N–H and O–H groups in total. The molecule has 2 fully saturated rings. The van der Waals surface area contributed by atoms with E-state index < -0.39 is 10.0 Å². The number of nitrogens with zero attached hydrogens (tertiary/aromatic N) is 5. The van der Waals surface area contributed by atoms with Crippen molar-refractivity contribution in [2.75, 3.05) is 49.6 Å². The summed E-state index contributed by atoms with van der Waals surface area (Å²) in [5.41, 5.74) is 2.34. The number of ether oxygens (including phenoxy) is 1. The molecule has 1 aromatic carbocycles. The number of nitrogens with one attached hydrogen (secondary N) is 1. The van der Waals surface area contributed by atoms with Crippen LogP contribution in [0.3, 0.4) is 0 Å². The second kappa shape index (κ2) is 9.56. The highest BCUT2D eigenvalue weighted by Crippen LogP contribution is 2.30. The molecule has 5 rings (SSSR count). The molecule has 0 unspecified atom stereocenters. The number of amides is 1. The first-order valence-corrected chi connectivity index (χ1v) is 13.4. The van der Waals surface area contributed by atoms with Crippen molar-refractivity contribution in [2.24, 2.45) is 0 Å². The predicted octanol–water partition coefficient (Wildman–Crippen LogP) is 2.89. The Morgan fingerprint density at radius 2 is 1.80 bits per heavy atom. The quantitative estimate of drug-likeness (QED) is 0.556. The van der Waals surface area contributed by atoms with Gasteiger partial charge in [0.15, 0.2) is 5.65 Å². The number of carbonyl (C=O) groups excluding carboxylic acids is 1. The third kappa shape index (κ3) is 4.63. The van der Waals surface area contributed by atoms with Gasteiger partial charge in [-0.1, -0.05) is 0 Å². The van der Waals surface area contributed by atoms with Crippen LogP contribution in [-0.4, -0.2) is 72.8 Å². The first-order valence-electron chi connectivity index (χ1n) is 12.0. The molecule has 3 aromatic rings. The van der Waals surface area contributed by atoms with Crippen molar-refractivity contribution in [1.82, 2.24) is 19.1 Å². The Morgan fingerprint density at radius 3 is 2.51 bits per heavy atom. The molecular weight excluding hydrogens is 468 g/mol. The average molecular weight is 499 g/mol. The zero-order valence-electron chi connectivity index (χ0n) is 20.0. The van der Waals surface area contributed by atoms with Gasteiger partial charge in [-0.15, -0.1) is 0 Å². The Balaban J connectivity index is 1.48. The highest BCUT2D eigenvalue weighted by Gasteiger charge is 2.29. The largest absolute Gasteiger partial charge is 0.379 e. The molecule has 0 atom stereocenters. The third-order valence-electron chi connectivity index (χ3n) is 6.45. The Morgan fingerprint density at radius 1 is 1.06 bits per heavy atom. The van der Waals surface area contributed by atoms with Gasteiger partial charge in [0.05, 0.1) is 41.8 Å². The van der Waals surface area contributed by atoms with Crippen LogP contribution in [0.15, 0.2) is 41.6 Å². The molecule has 0 saturated carbocycles. The Bertz CT molecular complexity index is 1340. The van der Waals surface area contributed by atoms with E-state index in [1.54, 1.807) is 24.5 Å². The van der Waals surface area contributed by atoms with E-state index in [0.29, 0.717) is 37.6 Å². The van der Waals surface area contributed by atoms with Gasteiger partial charge in [-0.3, -0.25) is 4.79 Å². The summed E-state index contributed by atoms with van der Waals surface area (Å²) < 4.78 is 35.1. The molecule has 1 amide bonds. The van der Waals surface area contributed by atoms with Gasteiger partial charge in [-0.25, -0.2) is 18.1 Å². The summed E-state index contributed by atoms with van der Waals surface area (Å²) in [4.78, 5) is 20.2. The van der Waals surface area contributed by atoms with Crippen LogP contribution >= 0.6 is 0 Å². The highest BCUT2D eigenvalue weighted by atomic mass is 32.2. The third-order valence-corrected chi connectivity index (χ3v) is 8.34. The van der Waals surface area contributed by atoms with Gasteiger partial charge < -0.3 is 15.0 Å². The molecule has 186 valence electrons. The number of sulfonamides is 1. The number of rotatable bonds is 6. The van der Waals surface area contributed by atoms with Gasteiger partial charge in [0, 0.05) is 43.3 Å². The van der Waals surface area contributed by atoms with Crippen LogP contribution in [0, 0.1) is 0 Å². The normalized spacial score (nSPS) is 17.4. The minimum Gasteiger partial charge on any atom is -0.379 e. The second-order valence-electron chi connectivity index (χ2n) is 9.16. The van der Waals surface area contributed by atoms with Crippen molar-refractivity contribution in [3.05, 3.63) is 42.2 Å². The summed E-state index contributed by atoms with van der Waals surface area (Å²) in [7, 11) is -3.73. The summed E-state index contributed by atoms with van der Waals surface area (Å²) in [5, 5.41) is 8.11. The molecule has 2 aromatic heterocycles. The second-order valence-corrected chi connectivity index (χ2v) is 11.1. The first-order chi connectivity index (χ1) is 16.8. The topological polar surface area (TPSA) is 110 Å². The van der Waals surface area contributed by atoms with Gasteiger partial charge in [0.25, 0.3) is 5.91 Å². The van der Waals surface area contributed by atoms with Crippen LogP contribution < -0.4 is 10.2 Å². The first kappa shape index (κ1) is 23.7. The maximum absolute atomic E-state index is 13.5. The van der Waals surface area contributed by atoms with E-state index in [2.05, 4.69) is 20.3 Å². The van der Waals surface area contributed by atoms with E-state index in [9.17, 15) is 13.2 Å². The summed E-state index contributed by atoms with van der Waals surface area (Å²) in [6.07, 6.45) is 5.40. The average Bonchev–Trinajstić information content (AvgIpc) is 3.54. The molecule has 0 radical (unpaired) electrons. The van der Waals surface area contributed by atoms with Crippen molar-refractivity contribution < 1.29 is 17.9 Å². The number of hydrogen-bond donors (Lipinski definition) is 1. The van der Waals surface area contributed by atoms with Gasteiger partial charge >= 0.3 is 0 Å². The SMILES string of the molecule is CC(C)n1ncc2cc(NC(=O)c3cc(S(=O)(=O)N4CCOCC4)ccc3N3CCCC3)cnc21. The lowest BCUT2D eigenvalue weighted by atomic mass is 10.1. The van der Waals surface area contributed by atoms with Crippen LogP contribution in [0.25, 0.3) is 11.0 Å². The van der Waals surface area contributed by atoms with E-state index in [0.717, 1.165) is 42.7 Å². The summed E-state index contributed by atoms with van der Waals surface area (Å²) >= 11 is 0. The monoisotopic (exact) mass is 498 g/mol. The fourth-order valence-corrected chi connectivity index (χ4v) is 6.05. The number of benzene rings is 1. The smallest absolute Gasteiger partial charge is 0.257 e. The maximum atomic E-state index is 13.5. The standard InChI is InChI=1S/C24H30N6O4S/c1-17(2)30-23-18(15-26-30)13-19(16-25-23)27-24(31)21-14-20(5-6-22(21)28-7-3-4-8-28)35(32,33)29-9-11-34-12-10-29/h5-6,13-17H,3-4,7-12H2,1-2H3,(H,27,31). The van der Waals surface area contributed by atoms with Crippen molar-refractivity contribution in [2.45, 2.75) is 37.6 Å². The van der Waals surface area contributed by atoms with E-state index in [1.807, 2.05) is 24.6 Å². The predicted molar refractivity (Wildman–Crippen MR) is 133 cm³/mol. The zero-order valence-corrected chi connectivity index (χ0v) is 20.8. The Labute approximate surface area is 204 Å². The molecular formula is C24H30N6O4S. The van der Waals surface area contributed by atoms with Crippen molar-refractivity contribution in [3.8, 4) is 0 Å². The summed E-state index contributed by atoms with van der Waals surface area (Å²) in [6, 6.07) is 6.84. The number of carbonyl (C=O) groups is 1.